The largest absolute Gasteiger partial charge is 0.447 e. The van der Waals surface area contributed by atoms with Crippen LogP contribution in [0, 0.1) is 0 Å². The van der Waals surface area contributed by atoms with Crippen molar-refractivity contribution >= 4 is 21.6 Å². The van der Waals surface area contributed by atoms with Crippen LogP contribution in [0.3, 0.4) is 0 Å². The summed E-state index contributed by atoms with van der Waals surface area (Å²) in [6, 6.07) is 3.52. The van der Waals surface area contributed by atoms with E-state index in [-0.39, 0.29) is 11.0 Å². The molecule has 1 aromatic rings. The highest BCUT2D eigenvalue weighted by atomic mass is 35.5. The Balaban J connectivity index is 2.09. The van der Waals surface area contributed by atoms with Crippen molar-refractivity contribution in [2.24, 2.45) is 0 Å². The molecule has 0 bridgehead atoms. The Morgan fingerprint density at radius 1 is 1.26 bits per heavy atom. The summed E-state index contributed by atoms with van der Waals surface area (Å²) in [5.41, 5.74) is 0. The SMILES string of the molecule is CC(C)N1CCN(S(=O)(=O)c2ccc(CCl)o2)CC1. The third-order valence-corrected chi connectivity index (χ3v) is 5.40. The number of furan rings is 1. The molecule has 1 aromatic heterocycles. The first-order chi connectivity index (χ1) is 8.95. The van der Waals surface area contributed by atoms with Gasteiger partial charge >= 0.3 is 0 Å². The maximum absolute atomic E-state index is 12.4. The second kappa shape index (κ2) is 5.83. The van der Waals surface area contributed by atoms with Crippen molar-refractivity contribution in [1.29, 1.82) is 0 Å². The van der Waals surface area contributed by atoms with E-state index in [1.165, 1.54) is 10.4 Å². The van der Waals surface area contributed by atoms with Crippen molar-refractivity contribution in [2.45, 2.75) is 30.9 Å². The second-order valence-corrected chi connectivity index (χ2v) is 7.02. The van der Waals surface area contributed by atoms with Crippen LogP contribution in [0.5, 0.6) is 0 Å². The van der Waals surface area contributed by atoms with E-state index in [9.17, 15) is 8.42 Å². The number of hydrogen-bond acceptors (Lipinski definition) is 4. The smallest absolute Gasteiger partial charge is 0.276 e. The molecular weight excluding hydrogens is 288 g/mol. The number of halogens is 1. The molecule has 1 aliphatic heterocycles. The Kier molecular flexibility index (Phi) is 4.55. The van der Waals surface area contributed by atoms with Crippen LogP contribution < -0.4 is 0 Å². The van der Waals surface area contributed by atoms with E-state index in [0.29, 0.717) is 24.9 Å². The number of piperazine rings is 1. The first-order valence-corrected chi connectivity index (χ1v) is 8.31. The van der Waals surface area contributed by atoms with Gasteiger partial charge in [0.1, 0.15) is 5.76 Å². The van der Waals surface area contributed by atoms with Crippen molar-refractivity contribution in [3.8, 4) is 0 Å². The zero-order valence-corrected chi connectivity index (χ0v) is 12.7. The fraction of sp³-hybridized carbons (Fsp3) is 0.667. The van der Waals surface area contributed by atoms with Gasteiger partial charge in [-0.3, -0.25) is 4.90 Å². The van der Waals surface area contributed by atoms with Gasteiger partial charge in [-0.15, -0.1) is 11.6 Å². The van der Waals surface area contributed by atoms with Crippen LogP contribution in [0.25, 0.3) is 0 Å². The molecular formula is C12H19ClN2O3S. The Bertz CT molecular complexity index is 519. The summed E-state index contributed by atoms with van der Waals surface area (Å²) < 4.78 is 31.5. The van der Waals surface area contributed by atoms with E-state index in [1.807, 2.05) is 0 Å². The van der Waals surface area contributed by atoms with Gasteiger partial charge in [0, 0.05) is 32.2 Å². The van der Waals surface area contributed by atoms with Gasteiger partial charge in [0.2, 0.25) is 5.09 Å². The van der Waals surface area contributed by atoms with Gasteiger partial charge in [0.25, 0.3) is 10.0 Å². The van der Waals surface area contributed by atoms with Crippen molar-refractivity contribution in [2.75, 3.05) is 26.2 Å². The predicted molar refractivity (Wildman–Crippen MR) is 73.7 cm³/mol. The lowest BCUT2D eigenvalue weighted by molar-refractivity contribution is 0.153. The zero-order chi connectivity index (χ0) is 14.0. The summed E-state index contributed by atoms with van der Waals surface area (Å²) >= 11 is 5.62. The summed E-state index contributed by atoms with van der Waals surface area (Å²) in [5.74, 6) is 0.650. The highest BCUT2D eigenvalue weighted by Crippen LogP contribution is 2.21. The van der Waals surface area contributed by atoms with Crippen LogP contribution in [0.4, 0.5) is 0 Å². The highest BCUT2D eigenvalue weighted by Gasteiger charge is 2.31. The van der Waals surface area contributed by atoms with Crippen LogP contribution >= 0.6 is 11.6 Å². The summed E-state index contributed by atoms with van der Waals surface area (Å²) in [7, 11) is -3.52. The highest BCUT2D eigenvalue weighted by molar-refractivity contribution is 7.89. The monoisotopic (exact) mass is 306 g/mol. The first-order valence-electron chi connectivity index (χ1n) is 6.34. The molecule has 108 valence electrons. The van der Waals surface area contributed by atoms with Crippen molar-refractivity contribution < 1.29 is 12.8 Å². The number of nitrogens with zero attached hydrogens (tertiary/aromatic N) is 2. The number of alkyl halides is 1. The fourth-order valence-electron chi connectivity index (χ4n) is 2.16. The molecule has 0 spiro atoms. The summed E-state index contributed by atoms with van der Waals surface area (Å²) in [4.78, 5) is 2.26. The van der Waals surface area contributed by atoms with Crippen molar-refractivity contribution in [3.05, 3.63) is 17.9 Å². The van der Waals surface area contributed by atoms with Gasteiger partial charge in [-0.25, -0.2) is 8.42 Å². The summed E-state index contributed by atoms with van der Waals surface area (Å²) in [6.07, 6.45) is 0. The van der Waals surface area contributed by atoms with E-state index in [1.54, 1.807) is 6.07 Å². The molecule has 1 aliphatic rings. The standard InChI is InChI=1S/C12H19ClN2O3S/c1-10(2)14-5-7-15(8-6-14)19(16,17)12-4-3-11(9-13)18-12/h3-4,10H,5-9H2,1-2H3. The Hall–Kier alpha value is -0.560. The molecule has 19 heavy (non-hydrogen) atoms. The minimum absolute atomic E-state index is 0.0128. The van der Waals surface area contributed by atoms with Crippen molar-refractivity contribution in [1.82, 2.24) is 9.21 Å². The minimum atomic E-state index is -3.52. The lowest BCUT2D eigenvalue weighted by Crippen LogP contribution is -2.50. The maximum atomic E-state index is 12.4. The summed E-state index contributed by atoms with van der Waals surface area (Å²) in [5, 5.41) is -0.0128. The van der Waals surface area contributed by atoms with E-state index >= 15 is 0 Å². The number of sulfonamides is 1. The van der Waals surface area contributed by atoms with Crippen LogP contribution in [0.1, 0.15) is 19.6 Å². The molecule has 1 fully saturated rings. The molecule has 1 saturated heterocycles. The van der Waals surface area contributed by atoms with E-state index in [0.717, 1.165) is 13.1 Å². The van der Waals surface area contributed by atoms with Gasteiger partial charge in [-0.1, -0.05) is 0 Å². The molecule has 5 nitrogen and oxygen atoms in total. The quantitative estimate of drug-likeness (QED) is 0.795. The van der Waals surface area contributed by atoms with E-state index in [4.69, 9.17) is 16.0 Å². The average Bonchev–Trinajstić information content (AvgIpc) is 2.88. The lowest BCUT2D eigenvalue weighted by atomic mass is 10.3. The molecule has 0 amide bonds. The third kappa shape index (κ3) is 3.13. The van der Waals surface area contributed by atoms with Gasteiger partial charge in [-0.2, -0.15) is 4.31 Å². The Labute approximate surface area is 119 Å². The molecule has 2 rings (SSSR count). The average molecular weight is 307 g/mol. The molecule has 0 aromatic carbocycles. The van der Waals surface area contributed by atoms with Gasteiger partial charge < -0.3 is 4.42 Å². The Morgan fingerprint density at radius 2 is 1.89 bits per heavy atom. The van der Waals surface area contributed by atoms with Crippen LogP contribution in [-0.4, -0.2) is 49.8 Å². The topological polar surface area (TPSA) is 53.8 Å². The van der Waals surface area contributed by atoms with Crippen LogP contribution in [0.15, 0.2) is 21.6 Å². The predicted octanol–water partition coefficient (Wildman–Crippen LogP) is 1.73. The maximum Gasteiger partial charge on any atom is 0.276 e. The van der Waals surface area contributed by atoms with Crippen LogP contribution in [-0.2, 0) is 15.9 Å². The van der Waals surface area contributed by atoms with Gasteiger partial charge in [0.15, 0.2) is 0 Å². The van der Waals surface area contributed by atoms with Gasteiger partial charge in [-0.05, 0) is 26.0 Å². The Morgan fingerprint density at radius 3 is 2.37 bits per heavy atom. The van der Waals surface area contributed by atoms with E-state index < -0.39 is 10.0 Å². The van der Waals surface area contributed by atoms with Gasteiger partial charge in [0.05, 0.1) is 5.88 Å². The molecule has 7 heteroatoms. The molecule has 2 heterocycles. The first kappa shape index (κ1) is 14.8. The molecule has 0 radical (unpaired) electrons. The number of hydrogen-bond donors (Lipinski definition) is 0. The zero-order valence-electron chi connectivity index (χ0n) is 11.2. The molecule has 0 unspecified atom stereocenters. The lowest BCUT2D eigenvalue weighted by Gasteiger charge is -2.35. The fourth-order valence-corrected chi connectivity index (χ4v) is 3.65. The summed E-state index contributed by atoms with van der Waals surface area (Å²) in [6.45, 7) is 6.72. The minimum Gasteiger partial charge on any atom is -0.447 e. The molecule has 0 aliphatic carbocycles. The molecule has 0 N–H and O–H groups in total. The van der Waals surface area contributed by atoms with Crippen LogP contribution in [0.2, 0.25) is 0 Å². The second-order valence-electron chi connectivity index (χ2n) is 4.89. The van der Waals surface area contributed by atoms with E-state index in [2.05, 4.69) is 18.7 Å². The molecule has 0 saturated carbocycles. The van der Waals surface area contributed by atoms with Crippen molar-refractivity contribution in [3.63, 3.8) is 0 Å². The number of rotatable bonds is 4. The third-order valence-electron chi connectivity index (χ3n) is 3.37. The molecule has 0 atom stereocenters. The normalized spacial score (nSPS) is 19.2.